The van der Waals surface area contributed by atoms with E-state index in [0.717, 1.165) is 18.8 Å². The zero-order chi connectivity index (χ0) is 14.8. The molecule has 1 aromatic rings. The van der Waals surface area contributed by atoms with Gasteiger partial charge in [0.05, 0.1) is 12.5 Å². The van der Waals surface area contributed by atoms with Gasteiger partial charge in [0.15, 0.2) is 5.78 Å². The molecule has 1 saturated heterocycles. The van der Waals surface area contributed by atoms with Crippen LogP contribution < -0.4 is 5.32 Å². The van der Waals surface area contributed by atoms with Gasteiger partial charge in [-0.2, -0.15) is 5.10 Å². The molecule has 3 rings (SSSR count). The van der Waals surface area contributed by atoms with Gasteiger partial charge in [-0.05, 0) is 31.1 Å². The van der Waals surface area contributed by atoms with Gasteiger partial charge in [-0.3, -0.25) is 4.79 Å². The Balaban J connectivity index is 1.60. The number of Topliss-reactive ketones (excluding diaryl/α,β-unsaturated/α-hetero) is 1. The molecule has 2 fully saturated rings. The molecule has 1 N–H and O–H groups in total. The Hall–Kier alpha value is -1.23. The van der Waals surface area contributed by atoms with E-state index >= 15 is 0 Å². The normalized spacial score (nSPS) is 28.8. The van der Waals surface area contributed by atoms with E-state index in [1.54, 1.807) is 6.33 Å². The SMILES string of the molecule is CC(C)Cn1ncnc1CC(=O)C1CC2CCCCC2N1. The first-order valence-corrected chi connectivity index (χ1v) is 8.29. The van der Waals surface area contributed by atoms with Crippen molar-refractivity contribution in [1.82, 2.24) is 20.1 Å². The van der Waals surface area contributed by atoms with Crippen molar-refractivity contribution in [2.45, 2.75) is 71.0 Å². The molecule has 1 saturated carbocycles. The fourth-order valence-electron chi connectivity index (χ4n) is 3.77. The van der Waals surface area contributed by atoms with E-state index in [4.69, 9.17) is 0 Å². The predicted octanol–water partition coefficient (Wildman–Crippen LogP) is 1.97. The quantitative estimate of drug-likeness (QED) is 0.900. The number of hydrogen-bond donors (Lipinski definition) is 1. The van der Waals surface area contributed by atoms with Crippen LogP contribution in [-0.2, 0) is 17.8 Å². The molecule has 0 bridgehead atoms. The van der Waals surface area contributed by atoms with Gasteiger partial charge in [-0.15, -0.1) is 0 Å². The largest absolute Gasteiger partial charge is 0.304 e. The van der Waals surface area contributed by atoms with Gasteiger partial charge < -0.3 is 5.32 Å². The van der Waals surface area contributed by atoms with Gasteiger partial charge >= 0.3 is 0 Å². The van der Waals surface area contributed by atoms with Crippen LogP contribution in [0.2, 0.25) is 0 Å². The topological polar surface area (TPSA) is 59.8 Å². The van der Waals surface area contributed by atoms with E-state index in [2.05, 4.69) is 29.2 Å². The van der Waals surface area contributed by atoms with Crippen molar-refractivity contribution < 1.29 is 4.79 Å². The molecule has 1 aromatic heterocycles. The van der Waals surface area contributed by atoms with Crippen molar-refractivity contribution in [3.8, 4) is 0 Å². The second-order valence-corrected chi connectivity index (χ2v) is 7.00. The predicted molar refractivity (Wildman–Crippen MR) is 80.9 cm³/mol. The summed E-state index contributed by atoms with van der Waals surface area (Å²) in [5.74, 6) is 2.31. The van der Waals surface area contributed by atoms with Crippen molar-refractivity contribution in [2.24, 2.45) is 11.8 Å². The molecular formula is C16H26N4O. The lowest BCUT2D eigenvalue weighted by molar-refractivity contribution is -0.120. The minimum atomic E-state index is 0.0299. The number of carbonyl (C=O) groups is 1. The van der Waals surface area contributed by atoms with Gasteiger partial charge in [0.2, 0.25) is 0 Å². The lowest BCUT2D eigenvalue weighted by atomic mass is 9.84. The van der Waals surface area contributed by atoms with E-state index in [1.807, 2.05) is 4.68 Å². The molecule has 1 aliphatic heterocycles. The summed E-state index contributed by atoms with van der Waals surface area (Å²) in [6.45, 7) is 5.12. The summed E-state index contributed by atoms with van der Waals surface area (Å²) in [5.41, 5.74) is 0. The standard InChI is InChI=1S/C16H26N4O/c1-11(2)9-20-16(17-10-18-20)8-15(21)14-7-12-5-3-4-6-13(12)19-14/h10-14,19H,3-9H2,1-2H3. The van der Waals surface area contributed by atoms with E-state index in [-0.39, 0.29) is 11.8 Å². The maximum atomic E-state index is 12.6. The smallest absolute Gasteiger partial charge is 0.157 e. The van der Waals surface area contributed by atoms with Crippen LogP contribution in [0.4, 0.5) is 0 Å². The number of aromatic nitrogens is 3. The summed E-state index contributed by atoms with van der Waals surface area (Å²) < 4.78 is 1.88. The molecule has 3 atom stereocenters. The number of carbonyl (C=O) groups excluding carboxylic acids is 1. The van der Waals surface area contributed by atoms with Crippen LogP contribution in [0, 0.1) is 11.8 Å². The summed E-state index contributed by atoms with van der Waals surface area (Å²) in [6, 6.07) is 0.600. The van der Waals surface area contributed by atoms with Crippen LogP contribution in [0.3, 0.4) is 0 Å². The van der Waals surface area contributed by atoms with Gasteiger partial charge in [-0.1, -0.05) is 26.7 Å². The van der Waals surface area contributed by atoms with Gasteiger partial charge in [-0.25, -0.2) is 9.67 Å². The average molecular weight is 290 g/mol. The maximum Gasteiger partial charge on any atom is 0.157 e. The fraction of sp³-hybridized carbons (Fsp3) is 0.812. The van der Waals surface area contributed by atoms with Crippen LogP contribution in [0.25, 0.3) is 0 Å². The Morgan fingerprint density at radius 2 is 2.24 bits per heavy atom. The number of nitrogens with zero attached hydrogens (tertiary/aromatic N) is 3. The Labute approximate surface area is 126 Å². The van der Waals surface area contributed by atoms with Crippen LogP contribution in [0.15, 0.2) is 6.33 Å². The first-order valence-electron chi connectivity index (χ1n) is 8.29. The lowest BCUT2D eigenvalue weighted by Gasteiger charge is -2.24. The minimum absolute atomic E-state index is 0.0299. The van der Waals surface area contributed by atoms with E-state index in [0.29, 0.717) is 24.3 Å². The Bertz CT molecular complexity index is 482. The highest BCUT2D eigenvalue weighted by molar-refractivity contribution is 5.85. The third-order valence-electron chi connectivity index (χ3n) is 4.82. The molecular weight excluding hydrogens is 264 g/mol. The van der Waals surface area contributed by atoms with E-state index in [1.165, 1.54) is 25.7 Å². The zero-order valence-electron chi connectivity index (χ0n) is 13.1. The summed E-state index contributed by atoms with van der Waals surface area (Å²) in [4.78, 5) is 16.8. The molecule has 21 heavy (non-hydrogen) atoms. The number of hydrogen-bond acceptors (Lipinski definition) is 4. The highest BCUT2D eigenvalue weighted by Gasteiger charge is 2.38. The lowest BCUT2D eigenvalue weighted by Crippen LogP contribution is -2.38. The maximum absolute atomic E-state index is 12.6. The average Bonchev–Trinajstić information content (AvgIpc) is 3.05. The zero-order valence-corrected chi connectivity index (χ0v) is 13.1. The number of ketones is 1. The molecule has 3 unspecified atom stereocenters. The molecule has 2 heterocycles. The van der Waals surface area contributed by atoms with Crippen molar-refractivity contribution >= 4 is 5.78 Å². The Morgan fingerprint density at radius 1 is 1.43 bits per heavy atom. The molecule has 2 aliphatic rings. The third-order valence-corrected chi connectivity index (χ3v) is 4.82. The van der Waals surface area contributed by atoms with Crippen LogP contribution in [-0.4, -0.2) is 32.6 Å². The fourth-order valence-corrected chi connectivity index (χ4v) is 3.77. The number of nitrogens with one attached hydrogen (secondary N) is 1. The molecule has 0 amide bonds. The molecule has 5 nitrogen and oxygen atoms in total. The third kappa shape index (κ3) is 3.34. The van der Waals surface area contributed by atoms with Crippen LogP contribution in [0.1, 0.15) is 51.8 Å². The summed E-state index contributed by atoms with van der Waals surface area (Å²) in [6.07, 6.45) is 8.13. The van der Waals surface area contributed by atoms with Gasteiger partial charge in [0, 0.05) is 12.6 Å². The molecule has 1 aliphatic carbocycles. The van der Waals surface area contributed by atoms with Crippen LogP contribution in [0.5, 0.6) is 0 Å². The monoisotopic (exact) mass is 290 g/mol. The Morgan fingerprint density at radius 3 is 3.00 bits per heavy atom. The molecule has 116 valence electrons. The van der Waals surface area contributed by atoms with Crippen LogP contribution >= 0.6 is 0 Å². The highest BCUT2D eigenvalue weighted by atomic mass is 16.1. The Kier molecular flexibility index (Phi) is 4.38. The van der Waals surface area contributed by atoms with Crippen molar-refractivity contribution in [3.63, 3.8) is 0 Å². The van der Waals surface area contributed by atoms with E-state index in [9.17, 15) is 4.79 Å². The minimum Gasteiger partial charge on any atom is -0.304 e. The summed E-state index contributed by atoms with van der Waals surface area (Å²) >= 11 is 0. The van der Waals surface area contributed by atoms with Gasteiger partial charge in [0.1, 0.15) is 12.2 Å². The van der Waals surface area contributed by atoms with Gasteiger partial charge in [0.25, 0.3) is 0 Å². The van der Waals surface area contributed by atoms with Crippen molar-refractivity contribution in [3.05, 3.63) is 12.2 Å². The first-order chi connectivity index (χ1) is 10.1. The first kappa shape index (κ1) is 14.7. The number of fused-ring (bicyclic) bond motifs is 1. The molecule has 0 aromatic carbocycles. The second-order valence-electron chi connectivity index (χ2n) is 7.00. The second kappa shape index (κ2) is 6.26. The summed E-state index contributed by atoms with van der Waals surface area (Å²) in [7, 11) is 0. The summed E-state index contributed by atoms with van der Waals surface area (Å²) in [5, 5.41) is 7.80. The van der Waals surface area contributed by atoms with E-state index < -0.39 is 0 Å². The molecule has 0 spiro atoms. The van der Waals surface area contributed by atoms with Crippen molar-refractivity contribution in [2.75, 3.05) is 0 Å². The highest BCUT2D eigenvalue weighted by Crippen LogP contribution is 2.33. The van der Waals surface area contributed by atoms with Crippen molar-refractivity contribution in [1.29, 1.82) is 0 Å². The molecule has 5 heteroatoms. The number of rotatable bonds is 5. The molecule has 0 radical (unpaired) electrons.